The van der Waals surface area contributed by atoms with Crippen molar-refractivity contribution in [3.8, 4) is 0 Å². The van der Waals surface area contributed by atoms with Crippen LogP contribution in [0.3, 0.4) is 0 Å². The van der Waals surface area contributed by atoms with Gasteiger partial charge in [-0.2, -0.15) is 9.40 Å². The third-order valence-corrected chi connectivity index (χ3v) is 10.0. The van der Waals surface area contributed by atoms with Crippen LogP contribution in [0.2, 0.25) is 0 Å². The highest BCUT2D eigenvalue weighted by atomic mass is 32.2. The highest BCUT2D eigenvalue weighted by molar-refractivity contribution is 7.89. The number of carbonyl (C=O) groups excluding carboxylic acids is 1. The van der Waals surface area contributed by atoms with E-state index in [4.69, 9.17) is 9.84 Å². The van der Waals surface area contributed by atoms with Crippen LogP contribution in [0.1, 0.15) is 85.3 Å². The first-order chi connectivity index (χ1) is 18.7. The van der Waals surface area contributed by atoms with Gasteiger partial charge in [-0.3, -0.25) is 14.3 Å². The number of aromatic amines is 1. The summed E-state index contributed by atoms with van der Waals surface area (Å²) >= 11 is 0. The number of pyridine rings is 1. The molecule has 1 aromatic carbocycles. The molecule has 0 bridgehead atoms. The van der Waals surface area contributed by atoms with E-state index in [9.17, 15) is 18.0 Å². The first-order valence-corrected chi connectivity index (χ1v) is 15.4. The molecule has 11 heteroatoms. The summed E-state index contributed by atoms with van der Waals surface area (Å²) in [5.41, 5.74) is 0.145. The van der Waals surface area contributed by atoms with Crippen LogP contribution in [0.15, 0.2) is 40.2 Å². The normalized spacial score (nSPS) is 21.4. The van der Waals surface area contributed by atoms with Gasteiger partial charge in [0.1, 0.15) is 11.0 Å². The molecule has 0 unspecified atom stereocenters. The number of hydrogen-bond donors (Lipinski definition) is 2. The molecule has 3 aromatic rings. The van der Waals surface area contributed by atoms with Gasteiger partial charge in [-0.05, 0) is 83.2 Å². The first-order valence-electron chi connectivity index (χ1n) is 13.9. The number of aromatic nitrogens is 3. The largest absolute Gasteiger partial charge is 0.460 e. The fourth-order valence-corrected chi connectivity index (χ4v) is 7.94. The quantitative estimate of drug-likeness (QED) is 0.389. The summed E-state index contributed by atoms with van der Waals surface area (Å²) in [5.74, 6) is 0.438. The lowest BCUT2D eigenvalue weighted by molar-refractivity contribution is -0.157. The Labute approximate surface area is 235 Å². The highest BCUT2D eigenvalue weighted by Crippen LogP contribution is 2.40. The molecule has 3 heterocycles. The molecule has 2 N–H and O–H groups in total. The molecule has 2 aromatic heterocycles. The number of esters is 1. The topological polar surface area (TPSA) is 126 Å². The lowest BCUT2D eigenvalue weighted by Crippen LogP contribution is -2.46. The van der Waals surface area contributed by atoms with Gasteiger partial charge in [0.2, 0.25) is 10.0 Å². The van der Waals surface area contributed by atoms with Gasteiger partial charge < -0.3 is 15.0 Å². The molecule has 0 amide bonds. The fraction of sp³-hybridized carbons (Fsp3) is 0.552. The number of H-pyrrole nitrogens is 1. The average molecular weight is 570 g/mol. The Morgan fingerprint density at radius 1 is 1.15 bits per heavy atom. The minimum Gasteiger partial charge on any atom is -0.460 e. The van der Waals surface area contributed by atoms with E-state index in [1.54, 1.807) is 59.0 Å². The minimum absolute atomic E-state index is 0.0750. The maximum atomic E-state index is 13.5. The van der Waals surface area contributed by atoms with Gasteiger partial charge >= 0.3 is 5.97 Å². The van der Waals surface area contributed by atoms with Crippen molar-refractivity contribution < 1.29 is 17.9 Å². The van der Waals surface area contributed by atoms with Crippen molar-refractivity contribution >= 4 is 38.4 Å². The Kier molecular flexibility index (Phi) is 7.11. The fourth-order valence-electron chi connectivity index (χ4n) is 5.99. The predicted octanol–water partition coefficient (Wildman–Crippen LogP) is 5.23. The lowest BCUT2D eigenvalue weighted by atomic mass is 9.86. The Morgan fingerprint density at radius 2 is 1.88 bits per heavy atom. The second kappa shape index (κ2) is 10.0. The smallest absolute Gasteiger partial charge is 0.308 e. The molecule has 1 aliphatic carbocycles. The van der Waals surface area contributed by atoms with Crippen LogP contribution in [0.5, 0.6) is 0 Å². The molecule has 10 nitrogen and oxygen atoms in total. The zero-order chi connectivity index (χ0) is 29.0. The van der Waals surface area contributed by atoms with Crippen LogP contribution >= 0.6 is 0 Å². The molecular weight excluding hydrogens is 530 g/mol. The Morgan fingerprint density at radius 3 is 2.58 bits per heavy atom. The Bertz CT molecular complexity index is 1620. The molecule has 1 aliphatic heterocycles. The second-order valence-electron chi connectivity index (χ2n) is 12.7. The Balaban J connectivity index is 1.44. The molecule has 1 fully saturated rings. The summed E-state index contributed by atoms with van der Waals surface area (Å²) < 4.78 is 35.8. The van der Waals surface area contributed by atoms with E-state index >= 15 is 0 Å². The van der Waals surface area contributed by atoms with E-state index in [0.717, 1.165) is 24.8 Å². The van der Waals surface area contributed by atoms with E-state index in [1.807, 2.05) is 10.7 Å². The number of sulfonamides is 1. The zero-order valence-electron chi connectivity index (χ0n) is 24.1. The van der Waals surface area contributed by atoms with Crippen molar-refractivity contribution in [2.75, 3.05) is 5.32 Å². The van der Waals surface area contributed by atoms with E-state index in [2.05, 4.69) is 17.2 Å². The number of hydrogen-bond acceptors (Lipinski definition) is 7. The summed E-state index contributed by atoms with van der Waals surface area (Å²) in [6, 6.07) is 7.13. The summed E-state index contributed by atoms with van der Waals surface area (Å²) in [7, 11) is -3.82. The maximum Gasteiger partial charge on any atom is 0.308 e. The molecule has 5 rings (SSSR count). The molecule has 0 radical (unpaired) electrons. The highest BCUT2D eigenvalue weighted by Gasteiger charge is 2.45. The number of ether oxygens (including phenoxy) is 1. The third kappa shape index (κ3) is 5.28. The number of nitrogens with zero attached hydrogens (tertiary/aromatic N) is 3. The van der Waals surface area contributed by atoms with Crippen LogP contribution in [-0.2, 0) is 26.1 Å². The van der Waals surface area contributed by atoms with Crippen molar-refractivity contribution in [1.29, 1.82) is 0 Å². The van der Waals surface area contributed by atoms with Crippen LogP contribution in [-0.4, -0.2) is 44.6 Å². The van der Waals surface area contributed by atoms with Gasteiger partial charge in [-0.15, -0.1) is 0 Å². The number of benzene rings is 1. The van der Waals surface area contributed by atoms with E-state index in [0.29, 0.717) is 28.4 Å². The monoisotopic (exact) mass is 569 g/mol. The lowest BCUT2D eigenvalue weighted by Gasteiger charge is -2.34. The number of anilines is 2. The molecule has 2 aliphatic rings. The summed E-state index contributed by atoms with van der Waals surface area (Å²) in [5, 5.41) is 8.63. The van der Waals surface area contributed by atoms with Crippen molar-refractivity contribution in [1.82, 2.24) is 19.1 Å². The number of rotatable bonds is 6. The molecule has 2 atom stereocenters. The maximum absolute atomic E-state index is 13.5. The van der Waals surface area contributed by atoms with Gasteiger partial charge in [0.15, 0.2) is 5.82 Å². The van der Waals surface area contributed by atoms with Crippen molar-refractivity contribution in [2.24, 2.45) is 5.92 Å². The van der Waals surface area contributed by atoms with E-state index in [1.165, 1.54) is 10.7 Å². The van der Waals surface area contributed by atoms with Crippen molar-refractivity contribution in [3.05, 3.63) is 46.4 Å². The van der Waals surface area contributed by atoms with Crippen LogP contribution in [0, 0.1) is 5.92 Å². The third-order valence-electron chi connectivity index (χ3n) is 7.89. The molecular formula is C29H39N5O5S. The predicted molar refractivity (Wildman–Crippen MR) is 154 cm³/mol. The molecule has 216 valence electrons. The molecule has 0 saturated heterocycles. The van der Waals surface area contributed by atoms with E-state index < -0.39 is 27.1 Å². The van der Waals surface area contributed by atoms with Crippen molar-refractivity contribution in [2.45, 2.75) is 102 Å². The van der Waals surface area contributed by atoms with E-state index in [-0.39, 0.29) is 29.5 Å². The number of carbonyl (C=O) groups is 1. The number of nitrogens with one attached hydrogen (secondary N) is 2. The van der Waals surface area contributed by atoms with Gasteiger partial charge in [0.25, 0.3) is 5.56 Å². The first kappa shape index (κ1) is 28.4. The minimum atomic E-state index is -3.82. The van der Waals surface area contributed by atoms with Crippen LogP contribution < -0.4 is 10.9 Å². The second-order valence-corrected chi connectivity index (χ2v) is 14.6. The van der Waals surface area contributed by atoms with Gasteiger partial charge in [0.05, 0.1) is 22.9 Å². The van der Waals surface area contributed by atoms with Crippen LogP contribution in [0.25, 0.3) is 10.9 Å². The molecule has 40 heavy (non-hydrogen) atoms. The van der Waals surface area contributed by atoms with Gasteiger partial charge in [-0.25, -0.2) is 8.42 Å². The zero-order valence-corrected chi connectivity index (χ0v) is 24.9. The number of fused-ring (bicyclic) bond motifs is 2. The van der Waals surface area contributed by atoms with Crippen LogP contribution in [0.4, 0.5) is 11.5 Å². The molecule has 0 spiro atoms. The van der Waals surface area contributed by atoms with Gasteiger partial charge in [0, 0.05) is 24.0 Å². The molecule has 1 saturated carbocycles. The summed E-state index contributed by atoms with van der Waals surface area (Å²) in [4.78, 5) is 28.4. The van der Waals surface area contributed by atoms with Gasteiger partial charge in [-0.1, -0.05) is 19.8 Å². The van der Waals surface area contributed by atoms with Crippen molar-refractivity contribution in [3.63, 3.8) is 0 Å². The standard InChI is InChI=1S/C29H39N5O5S/c1-18-9-7-8-10-21(18)34-22-13-14-30-27(36)25(22)26(32-34)31-20-11-12-23-19(15-20)17-33(40(23,37)38)29(5,6)16-24(35)39-28(2,3)4/h11-15,18,21H,7-10,16-17H2,1-6H3,(H,30,36)(H,31,32)/t18-,21-/m0/s1. The summed E-state index contributed by atoms with van der Waals surface area (Å²) in [6.07, 6.45) is 6.03. The summed E-state index contributed by atoms with van der Waals surface area (Å²) in [6.45, 7) is 11.2. The Hall–Kier alpha value is -3.18. The average Bonchev–Trinajstić information content (AvgIpc) is 3.33. The SMILES string of the molecule is C[C@H]1CCCC[C@@H]1n1nc(Nc2ccc3c(c2)CN(C(C)(C)CC(=O)OC(C)(C)C)S3(=O)=O)c2c(=O)[nH]ccc21.